The van der Waals surface area contributed by atoms with E-state index in [9.17, 15) is 4.79 Å². The maximum absolute atomic E-state index is 12.7. The summed E-state index contributed by atoms with van der Waals surface area (Å²) in [6, 6.07) is 10.8. The first-order valence-electron chi connectivity index (χ1n) is 9.32. The molecule has 0 spiro atoms. The van der Waals surface area contributed by atoms with Gasteiger partial charge in [-0.3, -0.25) is 4.79 Å². The number of carbonyl (C=O) groups is 1. The molecule has 0 saturated carbocycles. The van der Waals surface area contributed by atoms with Crippen LogP contribution >= 0.6 is 46.1 Å². The number of amides is 1. The lowest BCUT2D eigenvalue weighted by molar-refractivity contribution is -0.115. The standard InChI is InChI=1S/C21H18Cl3N3O2S/c22-13-4-5-18(27-6-8-29-9-7-27)17(10-13)26-19(28)11-14-12-30-21(25-14)20-15(23)2-1-3-16(20)24/h1-5,10,12H,6-9,11H2,(H,26,28). The summed E-state index contributed by atoms with van der Waals surface area (Å²) in [7, 11) is 0. The number of rotatable bonds is 5. The van der Waals surface area contributed by atoms with Crippen molar-refractivity contribution in [1.29, 1.82) is 0 Å². The van der Waals surface area contributed by atoms with E-state index in [0.717, 1.165) is 18.8 Å². The van der Waals surface area contributed by atoms with Crippen LogP contribution in [-0.4, -0.2) is 37.2 Å². The van der Waals surface area contributed by atoms with Crippen LogP contribution < -0.4 is 10.2 Å². The van der Waals surface area contributed by atoms with Gasteiger partial charge in [-0.15, -0.1) is 11.3 Å². The number of ether oxygens (including phenoxy) is 1. The molecule has 1 aromatic heterocycles. The Morgan fingerprint density at radius 2 is 1.87 bits per heavy atom. The topological polar surface area (TPSA) is 54.5 Å². The molecule has 2 heterocycles. The number of nitrogens with zero attached hydrogens (tertiary/aromatic N) is 2. The van der Waals surface area contributed by atoms with Gasteiger partial charge < -0.3 is 15.0 Å². The second kappa shape index (κ2) is 9.54. The summed E-state index contributed by atoms with van der Waals surface area (Å²) in [5.74, 6) is -0.172. The molecule has 0 bridgehead atoms. The Kier molecular flexibility index (Phi) is 6.80. The normalized spacial score (nSPS) is 14.0. The molecule has 0 radical (unpaired) electrons. The van der Waals surface area contributed by atoms with E-state index in [0.29, 0.717) is 50.2 Å². The molecule has 1 fully saturated rings. The third-order valence-electron chi connectivity index (χ3n) is 4.65. The molecule has 156 valence electrons. The lowest BCUT2D eigenvalue weighted by Crippen LogP contribution is -2.36. The van der Waals surface area contributed by atoms with Crippen LogP contribution in [0.5, 0.6) is 0 Å². The molecule has 1 aliphatic heterocycles. The van der Waals surface area contributed by atoms with Crippen molar-refractivity contribution in [1.82, 2.24) is 4.98 Å². The van der Waals surface area contributed by atoms with Gasteiger partial charge in [-0.1, -0.05) is 40.9 Å². The van der Waals surface area contributed by atoms with E-state index in [2.05, 4.69) is 15.2 Å². The molecular weight excluding hydrogens is 465 g/mol. The molecule has 0 unspecified atom stereocenters. The average molecular weight is 483 g/mol. The van der Waals surface area contributed by atoms with Crippen LogP contribution in [0, 0.1) is 0 Å². The number of benzene rings is 2. The third-order valence-corrected chi connectivity index (χ3v) is 6.43. The highest BCUT2D eigenvalue weighted by atomic mass is 35.5. The van der Waals surface area contributed by atoms with Gasteiger partial charge in [0.1, 0.15) is 5.01 Å². The fourth-order valence-electron chi connectivity index (χ4n) is 3.25. The summed E-state index contributed by atoms with van der Waals surface area (Å²) in [6.45, 7) is 2.83. The molecule has 1 aliphatic rings. The van der Waals surface area contributed by atoms with Gasteiger partial charge in [0.25, 0.3) is 0 Å². The molecule has 9 heteroatoms. The predicted octanol–water partition coefficient (Wildman–Crippen LogP) is 5.79. The lowest BCUT2D eigenvalue weighted by atomic mass is 10.2. The number of anilines is 2. The molecule has 5 nitrogen and oxygen atoms in total. The molecule has 0 aliphatic carbocycles. The van der Waals surface area contributed by atoms with Crippen LogP contribution in [0.15, 0.2) is 41.8 Å². The maximum Gasteiger partial charge on any atom is 0.230 e. The van der Waals surface area contributed by atoms with Crippen LogP contribution in [0.4, 0.5) is 11.4 Å². The first-order chi connectivity index (χ1) is 14.5. The molecular formula is C21H18Cl3N3O2S. The molecule has 0 atom stereocenters. The molecule has 1 N–H and O–H groups in total. The van der Waals surface area contributed by atoms with E-state index in [1.54, 1.807) is 24.3 Å². The molecule has 1 saturated heterocycles. The Morgan fingerprint density at radius 3 is 2.60 bits per heavy atom. The molecule has 4 rings (SSSR count). The van der Waals surface area contributed by atoms with Gasteiger partial charge in [-0.05, 0) is 30.3 Å². The number of thiazole rings is 1. The number of morpholine rings is 1. The van der Waals surface area contributed by atoms with E-state index in [4.69, 9.17) is 39.5 Å². The van der Waals surface area contributed by atoms with Gasteiger partial charge in [0.2, 0.25) is 5.91 Å². The maximum atomic E-state index is 12.7. The zero-order valence-electron chi connectivity index (χ0n) is 15.8. The van der Waals surface area contributed by atoms with Crippen molar-refractivity contribution in [2.75, 3.05) is 36.5 Å². The zero-order valence-corrected chi connectivity index (χ0v) is 18.9. The van der Waals surface area contributed by atoms with E-state index in [1.807, 2.05) is 17.5 Å². The minimum Gasteiger partial charge on any atom is -0.378 e. The zero-order chi connectivity index (χ0) is 21.1. The minimum atomic E-state index is -0.172. The number of hydrogen-bond donors (Lipinski definition) is 1. The Morgan fingerprint density at radius 1 is 1.13 bits per heavy atom. The van der Waals surface area contributed by atoms with Gasteiger partial charge in [-0.2, -0.15) is 0 Å². The number of aromatic nitrogens is 1. The first kappa shape index (κ1) is 21.4. The SMILES string of the molecule is O=C(Cc1csc(-c2c(Cl)cccc2Cl)n1)Nc1cc(Cl)ccc1N1CCOCC1. The predicted molar refractivity (Wildman–Crippen MR) is 124 cm³/mol. The van der Waals surface area contributed by atoms with Crippen LogP contribution in [0.25, 0.3) is 10.6 Å². The molecule has 2 aromatic carbocycles. The summed E-state index contributed by atoms with van der Waals surface area (Å²) < 4.78 is 5.42. The Balaban J connectivity index is 1.50. The Labute approximate surface area is 193 Å². The van der Waals surface area contributed by atoms with E-state index < -0.39 is 0 Å². The number of halogens is 3. The van der Waals surface area contributed by atoms with Crippen LogP contribution in [0.1, 0.15) is 5.69 Å². The van der Waals surface area contributed by atoms with Crippen molar-refractivity contribution < 1.29 is 9.53 Å². The van der Waals surface area contributed by atoms with E-state index in [1.165, 1.54) is 11.3 Å². The molecule has 30 heavy (non-hydrogen) atoms. The second-order valence-corrected chi connectivity index (χ2v) is 8.84. The number of nitrogens with one attached hydrogen (secondary N) is 1. The van der Waals surface area contributed by atoms with Crippen molar-refractivity contribution >= 4 is 63.4 Å². The summed E-state index contributed by atoms with van der Waals surface area (Å²) in [4.78, 5) is 19.4. The number of hydrogen-bond acceptors (Lipinski definition) is 5. The van der Waals surface area contributed by atoms with E-state index >= 15 is 0 Å². The summed E-state index contributed by atoms with van der Waals surface area (Å²) in [5.41, 5.74) is 2.94. The van der Waals surface area contributed by atoms with Crippen molar-refractivity contribution in [3.8, 4) is 10.6 Å². The Bertz CT molecular complexity index is 1050. The summed E-state index contributed by atoms with van der Waals surface area (Å²) in [5, 5.41) is 7.12. The van der Waals surface area contributed by atoms with Crippen LogP contribution in [0.3, 0.4) is 0 Å². The highest BCUT2D eigenvalue weighted by Crippen LogP contribution is 2.36. The van der Waals surface area contributed by atoms with Crippen molar-refractivity contribution in [3.05, 3.63) is 62.5 Å². The summed E-state index contributed by atoms with van der Waals surface area (Å²) >= 11 is 20.1. The van der Waals surface area contributed by atoms with E-state index in [-0.39, 0.29) is 12.3 Å². The second-order valence-electron chi connectivity index (χ2n) is 6.73. The van der Waals surface area contributed by atoms with Gasteiger partial charge >= 0.3 is 0 Å². The highest BCUT2D eigenvalue weighted by Gasteiger charge is 2.18. The van der Waals surface area contributed by atoms with Crippen LogP contribution in [0.2, 0.25) is 15.1 Å². The monoisotopic (exact) mass is 481 g/mol. The fourth-order valence-corrected chi connectivity index (χ4v) is 5.00. The van der Waals surface area contributed by atoms with Gasteiger partial charge in [0, 0.05) is 29.1 Å². The third kappa shape index (κ3) is 4.90. The van der Waals surface area contributed by atoms with Gasteiger partial charge in [0.15, 0.2) is 0 Å². The Hall–Kier alpha value is -1.83. The molecule has 1 amide bonds. The summed E-state index contributed by atoms with van der Waals surface area (Å²) in [6.07, 6.45) is 0.133. The first-order valence-corrected chi connectivity index (χ1v) is 11.3. The van der Waals surface area contributed by atoms with Crippen molar-refractivity contribution in [2.45, 2.75) is 6.42 Å². The smallest absolute Gasteiger partial charge is 0.230 e. The van der Waals surface area contributed by atoms with Crippen LogP contribution in [-0.2, 0) is 16.0 Å². The quantitative estimate of drug-likeness (QED) is 0.500. The minimum absolute atomic E-state index is 0.133. The molecule has 3 aromatic rings. The average Bonchev–Trinajstić information content (AvgIpc) is 3.16. The largest absolute Gasteiger partial charge is 0.378 e. The lowest BCUT2D eigenvalue weighted by Gasteiger charge is -2.30. The number of carbonyl (C=O) groups excluding carboxylic acids is 1. The van der Waals surface area contributed by atoms with Crippen molar-refractivity contribution in [3.63, 3.8) is 0 Å². The van der Waals surface area contributed by atoms with Gasteiger partial charge in [0.05, 0.1) is 46.7 Å². The van der Waals surface area contributed by atoms with Gasteiger partial charge in [-0.25, -0.2) is 4.98 Å². The fraction of sp³-hybridized carbons (Fsp3) is 0.238. The van der Waals surface area contributed by atoms with Crippen molar-refractivity contribution in [2.24, 2.45) is 0 Å². The highest BCUT2D eigenvalue weighted by molar-refractivity contribution is 7.13.